The Labute approximate surface area is 104 Å². The number of halogens is 1. The van der Waals surface area contributed by atoms with E-state index in [1.165, 1.54) is 16.0 Å². The van der Waals surface area contributed by atoms with Crippen molar-refractivity contribution in [3.63, 3.8) is 0 Å². The molecule has 1 nitrogen and oxygen atoms in total. The second-order valence-electron chi connectivity index (χ2n) is 4.38. The van der Waals surface area contributed by atoms with Gasteiger partial charge in [0.15, 0.2) is 0 Å². The molecule has 1 heterocycles. The van der Waals surface area contributed by atoms with Crippen molar-refractivity contribution in [2.24, 2.45) is 5.73 Å². The average molecular weight is 250 g/mol. The second kappa shape index (κ2) is 3.59. The molecule has 0 radical (unpaired) electrons. The maximum absolute atomic E-state index is 6.50. The summed E-state index contributed by atoms with van der Waals surface area (Å²) in [5.41, 5.74) is 8.99. The first-order chi connectivity index (χ1) is 7.67. The van der Waals surface area contributed by atoms with E-state index in [9.17, 15) is 0 Å². The molecule has 1 aliphatic rings. The molecule has 2 aromatic rings. The Morgan fingerprint density at radius 1 is 1.06 bits per heavy atom. The van der Waals surface area contributed by atoms with Crippen molar-refractivity contribution in [1.82, 2.24) is 0 Å². The zero-order chi connectivity index (χ0) is 11.2. The van der Waals surface area contributed by atoms with Crippen molar-refractivity contribution in [1.29, 1.82) is 0 Å². The molecule has 82 valence electrons. The van der Waals surface area contributed by atoms with Crippen molar-refractivity contribution in [3.05, 3.63) is 56.7 Å². The zero-order valence-corrected chi connectivity index (χ0v) is 10.3. The van der Waals surface area contributed by atoms with Crippen LogP contribution in [0.5, 0.6) is 0 Å². The van der Waals surface area contributed by atoms with Gasteiger partial charge in [0.05, 0.1) is 9.88 Å². The van der Waals surface area contributed by atoms with Gasteiger partial charge in [0, 0.05) is 4.88 Å². The monoisotopic (exact) mass is 249 g/mol. The van der Waals surface area contributed by atoms with E-state index in [0.29, 0.717) is 0 Å². The van der Waals surface area contributed by atoms with E-state index in [-0.39, 0.29) is 5.54 Å². The summed E-state index contributed by atoms with van der Waals surface area (Å²) in [5.74, 6) is 0. The van der Waals surface area contributed by atoms with Crippen LogP contribution < -0.4 is 5.73 Å². The van der Waals surface area contributed by atoms with Crippen LogP contribution >= 0.6 is 22.9 Å². The van der Waals surface area contributed by atoms with Crippen molar-refractivity contribution in [3.8, 4) is 0 Å². The highest BCUT2D eigenvalue weighted by Crippen LogP contribution is 2.39. The maximum Gasteiger partial charge on any atom is 0.0931 e. The van der Waals surface area contributed by atoms with Crippen LogP contribution in [0.3, 0.4) is 0 Å². The minimum Gasteiger partial charge on any atom is -0.320 e. The fraction of sp³-hybridized carbons (Fsp3) is 0.231. The molecule has 0 aliphatic heterocycles. The number of benzene rings is 1. The van der Waals surface area contributed by atoms with Crippen LogP contribution in [-0.4, -0.2) is 0 Å². The van der Waals surface area contributed by atoms with Gasteiger partial charge in [-0.15, -0.1) is 11.3 Å². The van der Waals surface area contributed by atoms with E-state index in [1.54, 1.807) is 11.3 Å². The van der Waals surface area contributed by atoms with Crippen molar-refractivity contribution >= 4 is 22.9 Å². The molecule has 3 rings (SSSR count). The lowest BCUT2D eigenvalue weighted by Gasteiger charge is -2.21. The Morgan fingerprint density at radius 2 is 1.69 bits per heavy atom. The van der Waals surface area contributed by atoms with E-state index < -0.39 is 0 Å². The SMILES string of the molecule is NC1(c2ccc(Cl)s2)Cc2ccccc2C1. The van der Waals surface area contributed by atoms with Crippen LogP contribution in [0.1, 0.15) is 16.0 Å². The largest absolute Gasteiger partial charge is 0.320 e. The lowest BCUT2D eigenvalue weighted by Crippen LogP contribution is -2.36. The Hall–Kier alpha value is -0.830. The Kier molecular flexibility index (Phi) is 2.32. The third-order valence-electron chi connectivity index (χ3n) is 3.19. The molecule has 1 aromatic heterocycles. The third-order valence-corrected chi connectivity index (χ3v) is 4.65. The van der Waals surface area contributed by atoms with E-state index in [4.69, 9.17) is 17.3 Å². The lowest BCUT2D eigenvalue weighted by atomic mass is 9.95. The molecule has 0 spiro atoms. The molecule has 16 heavy (non-hydrogen) atoms. The van der Waals surface area contributed by atoms with Gasteiger partial charge in [0.1, 0.15) is 0 Å². The summed E-state index contributed by atoms with van der Waals surface area (Å²) in [6.07, 6.45) is 1.83. The lowest BCUT2D eigenvalue weighted by molar-refractivity contribution is 0.483. The average Bonchev–Trinajstić information content (AvgIpc) is 2.81. The highest BCUT2D eigenvalue weighted by Gasteiger charge is 2.35. The van der Waals surface area contributed by atoms with Gasteiger partial charge >= 0.3 is 0 Å². The van der Waals surface area contributed by atoms with Gasteiger partial charge < -0.3 is 5.73 Å². The molecule has 2 N–H and O–H groups in total. The molecule has 0 unspecified atom stereocenters. The number of rotatable bonds is 1. The van der Waals surface area contributed by atoms with Crippen LogP contribution in [-0.2, 0) is 18.4 Å². The van der Waals surface area contributed by atoms with Gasteiger partial charge in [-0.05, 0) is 36.1 Å². The van der Waals surface area contributed by atoms with E-state index in [1.807, 2.05) is 6.07 Å². The van der Waals surface area contributed by atoms with Crippen molar-refractivity contribution in [2.75, 3.05) is 0 Å². The summed E-state index contributed by atoms with van der Waals surface area (Å²) in [5, 5.41) is 0. The summed E-state index contributed by atoms with van der Waals surface area (Å²) in [4.78, 5) is 1.19. The Morgan fingerprint density at radius 3 is 2.19 bits per heavy atom. The molecule has 0 bridgehead atoms. The molecule has 3 heteroatoms. The zero-order valence-electron chi connectivity index (χ0n) is 8.74. The van der Waals surface area contributed by atoms with Crippen molar-refractivity contribution < 1.29 is 0 Å². The first-order valence-corrected chi connectivity index (χ1v) is 6.48. The maximum atomic E-state index is 6.50. The molecule has 1 aliphatic carbocycles. The minimum atomic E-state index is -0.249. The van der Waals surface area contributed by atoms with Crippen LogP contribution in [0.2, 0.25) is 4.34 Å². The van der Waals surface area contributed by atoms with Gasteiger partial charge in [0.25, 0.3) is 0 Å². The standard InChI is InChI=1S/C13H12ClNS/c14-12-6-5-11(16-12)13(15)7-9-3-1-2-4-10(9)8-13/h1-6H,7-8,15H2. The number of fused-ring (bicyclic) bond motifs is 1. The molecule has 1 aromatic carbocycles. The van der Waals surface area contributed by atoms with Gasteiger partial charge in [0.2, 0.25) is 0 Å². The minimum absolute atomic E-state index is 0.249. The fourth-order valence-corrected chi connectivity index (χ4v) is 3.54. The normalized spacial score (nSPS) is 17.4. The molecule has 0 fully saturated rings. The number of hydrogen-bond donors (Lipinski definition) is 1. The third kappa shape index (κ3) is 1.58. The summed E-state index contributed by atoms with van der Waals surface area (Å²) in [7, 11) is 0. The predicted molar refractivity (Wildman–Crippen MR) is 69.0 cm³/mol. The molecule has 0 saturated carbocycles. The summed E-state index contributed by atoms with van der Waals surface area (Å²) < 4.78 is 0.816. The second-order valence-corrected chi connectivity index (χ2v) is 6.10. The highest BCUT2D eigenvalue weighted by molar-refractivity contribution is 7.16. The Bertz CT molecular complexity index is 507. The molecular weight excluding hydrogens is 238 g/mol. The molecule has 0 saturated heterocycles. The first kappa shape index (κ1) is 10.3. The highest BCUT2D eigenvalue weighted by atomic mass is 35.5. The first-order valence-electron chi connectivity index (χ1n) is 5.29. The molecular formula is C13H12ClNS. The summed E-state index contributed by atoms with van der Waals surface area (Å²) in [6, 6.07) is 12.5. The van der Waals surface area contributed by atoms with E-state index in [0.717, 1.165) is 17.2 Å². The molecule has 0 amide bonds. The van der Waals surface area contributed by atoms with Crippen LogP contribution in [0.4, 0.5) is 0 Å². The summed E-state index contributed by atoms with van der Waals surface area (Å²) >= 11 is 7.57. The predicted octanol–water partition coefficient (Wildman–Crippen LogP) is 3.35. The molecule has 0 atom stereocenters. The van der Waals surface area contributed by atoms with Crippen LogP contribution in [0, 0.1) is 0 Å². The van der Waals surface area contributed by atoms with E-state index >= 15 is 0 Å². The fourth-order valence-electron chi connectivity index (χ4n) is 2.40. The van der Waals surface area contributed by atoms with Crippen LogP contribution in [0.15, 0.2) is 36.4 Å². The number of hydrogen-bond acceptors (Lipinski definition) is 2. The number of thiophene rings is 1. The Balaban J connectivity index is 2.00. The topological polar surface area (TPSA) is 26.0 Å². The number of nitrogens with two attached hydrogens (primary N) is 1. The summed E-state index contributed by atoms with van der Waals surface area (Å²) in [6.45, 7) is 0. The van der Waals surface area contributed by atoms with Gasteiger partial charge in [-0.1, -0.05) is 35.9 Å². The van der Waals surface area contributed by atoms with Gasteiger partial charge in [-0.25, -0.2) is 0 Å². The van der Waals surface area contributed by atoms with Crippen molar-refractivity contribution in [2.45, 2.75) is 18.4 Å². The smallest absolute Gasteiger partial charge is 0.0931 e. The van der Waals surface area contributed by atoms with Gasteiger partial charge in [-0.2, -0.15) is 0 Å². The quantitative estimate of drug-likeness (QED) is 0.824. The van der Waals surface area contributed by atoms with Crippen LogP contribution in [0.25, 0.3) is 0 Å². The van der Waals surface area contributed by atoms with E-state index in [2.05, 4.69) is 30.3 Å². The van der Waals surface area contributed by atoms with Gasteiger partial charge in [-0.3, -0.25) is 0 Å².